The van der Waals surface area contributed by atoms with Crippen molar-refractivity contribution in [2.45, 2.75) is 63.5 Å². The van der Waals surface area contributed by atoms with Crippen LogP contribution >= 0.6 is 0 Å². The molecule has 1 aromatic heterocycles. The minimum absolute atomic E-state index is 0.00639. The molecular formula is C32H32F6N6O2. The van der Waals surface area contributed by atoms with Crippen molar-refractivity contribution in [2.75, 3.05) is 18.0 Å². The van der Waals surface area contributed by atoms with Gasteiger partial charge in [0.2, 0.25) is 0 Å². The van der Waals surface area contributed by atoms with E-state index in [2.05, 4.69) is 39.6 Å². The van der Waals surface area contributed by atoms with Gasteiger partial charge in [-0.3, -0.25) is 9.59 Å². The van der Waals surface area contributed by atoms with Crippen LogP contribution in [0, 0.1) is 17.8 Å². The van der Waals surface area contributed by atoms with E-state index in [0.29, 0.717) is 17.7 Å². The predicted octanol–water partition coefficient (Wildman–Crippen LogP) is 5.43. The highest BCUT2D eigenvalue weighted by atomic mass is 19.4. The highest BCUT2D eigenvalue weighted by molar-refractivity contribution is 6.10. The van der Waals surface area contributed by atoms with Crippen molar-refractivity contribution in [3.05, 3.63) is 76.4 Å². The Balaban J connectivity index is 1.45. The quantitative estimate of drug-likeness (QED) is 0.184. The Morgan fingerprint density at radius 2 is 1.87 bits per heavy atom. The summed E-state index contributed by atoms with van der Waals surface area (Å²) in [7, 11) is 1.82. The maximum atomic E-state index is 14.3. The van der Waals surface area contributed by atoms with E-state index in [1.165, 1.54) is 6.92 Å². The molecule has 1 aliphatic carbocycles. The summed E-state index contributed by atoms with van der Waals surface area (Å²) in [5.41, 5.74) is -2.19. The van der Waals surface area contributed by atoms with Gasteiger partial charge in [0.05, 0.1) is 17.5 Å². The van der Waals surface area contributed by atoms with Gasteiger partial charge in [0.15, 0.2) is 0 Å². The van der Waals surface area contributed by atoms with Crippen LogP contribution in [-0.4, -0.2) is 45.8 Å². The van der Waals surface area contributed by atoms with E-state index in [0.717, 1.165) is 35.2 Å². The molecule has 1 aliphatic heterocycles. The van der Waals surface area contributed by atoms with Crippen LogP contribution in [-0.2, 0) is 30.0 Å². The lowest BCUT2D eigenvalue weighted by atomic mass is 9.58. The monoisotopic (exact) mass is 646 g/mol. The average Bonchev–Trinajstić information content (AvgIpc) is 3.54. The Kier molecular flexibility index (Phi) is 8.92. The summed E-state index contributed by atoms with van der Waals surface area (Å²) in [5.74, 6) is 4.32. The summed E-state index contributed by atoms with van der Waals surface area (Å²) < 4.78 is 87.4. The molecule has 2 N–H and O–H groups in total. The summed E-state index contributed by atoms with van der Waals surface area (Å²) in [5, 5.41) is 13.0. The SMILES string of the molecule is CC#CC(=O)NCCCNC(c1cc2c(c(C(F)(F)F)c1)CN(c1cccc(C3(c4nncn4C)CC(C)C3)c1)C2=O)C(F)(F)F. The second-order valence-electron chi connectivity index (χ2n) is 11.8. The van der Waals surface area contributed by atoms with Crippen molar-refractivity contribution in [1.82, 2.24) is 25.4 Å². The first kappa shape index (κ1) is 33.0. The normalized spacial score (nSPS) is 20.1. The average molecular weight is 647 g/mol. The fraction of sp³-hybridized carbons (Fsp3) is 0.438. The molecule has 2 heterocycles. The first-order valence-corrected chi connectivity index (χ1v) is 14.7. The lowest BCUT2D eigenvalue weighted by Gasteiger charge is -2.46. The molecule has 244 valence electrons. The van der Waals surface area contributed by atoms with Gasteiger partial charge in [0.25, 0.3) is 11.8 Å². The zero-order chi connectivity index (χ0) is 33.4. The van der Waals surface area contributed by atoms with Crippen molar-refractivity contribution in [3.8, 4) is 11.8 Å². The van der Waals surface area contributed by atoms with Crippen LogP contribution in [0.4, 0.5) is 32.0 Å². The number of nitrogens with one attached hydrogen (secondary N) is 2. The van der Waals surface area contributed by atoms with E-state index in [1.54, 1.807) is 24.5 Å². The Morgan fingerprint density at radius 3 is 2.48 bits per heavy atom. The molecule has 8 nitrogen and oxygen atoms in total. The first-order valence-electron chi connectivity index (χ1n) is 14.7. The summed E-state index contributed by atoms with van der Waals surface area (Å²) >= 11 is 0. The van der Waals surface area contributed by atoms with Crippen LogP contribution < -0.4 is 15.5 Å². The molecule has 14 heteroatoms. The zero-order valence-corrected chi connectivity index (χ0v) is 25.3. The van der Waals surface area contributed by atoms with Gasteiger partial charge in [0, 0.05) is 24.8 Å². The number of rotatable bonds is 9. The van der Waals surface area contributed by atoms with E-state index in [1.807, 2.05) is 17.7 Å². The van der Waals surface area contributed by atoms with Crippen LogP contribution in [0.2, 0.25) is 0 Å². The van der Waals surface area contributed by atoms with Gasteiger partial charge in [-0.25, -0.2) is 0 Å². The molecule has 5 rings (SSSR count). The van der Waals surface area contributed by atoms with Gasteiger partial charge >= 0.3 is 12.4 Å². The lowest BCUT2D eigenvalue weighted by Crippen LogP contribution is -2.43. The highest BCUT2D eigenvalue weighted by Crippen LogP contribution is 2.52. The minimum Gasteiger partial charge on any atom is -0.345 e. The number of halogens is 6. The molecule has 1 fully saturated rings. The first-order chi connectivity index (χ1) is 21.7. The number of carbonyl (C=O) groups is 2. The van der Waals surface area contributed by atoms with Gasteiger partial charge in [-0.05, 0) is 85.5 Å². The van der Waals surface area contributed by atoms with Crippen molar-refractivity contribution in [1.29, 1.82) is 0 Å². The third kappa shape index (κ3) is 6.33. The maximum absolute atomic E-state index is 14.3. The minimum atomic E-state index is -5.02. The summed E-state index contributed by atoms with van der Waals surface area (Å²) in [4.78, 5) is 26.3. The number of anilines is 1. The Labute approximate surface area is 261 Å². The standard InChI is InChI=1S/C32H32F6N6O2/c1-4-7-26(45)39-10-6-11-40-27(32(36,37)38)20-12-23-24(25(13-20)31(33,34)35)17-44(28(23)46)22-9-5-8-21(14-22)30(15-19(2)16-30)29-42-41-18-43(29)3/h5,8-9,12-14,18-19,27,40H,6,10-11,15-17H2,1-3H3,(H,39,45). The van der Waals surface area contributed by atoms with E-state index < -0.39 is 58.9 Å². The summed E-state index contributed by atoms with van der Waals surface area (Å²) in [6.45, 7) is 2.83. The number of nitrogens with zero attached hydrogens (tertiary/aromatic N) is 4. The van der Waals surface area contributed by atoms with Gasteiger partial charge in [0.1, 0.15) is 18.2 Å². The van der Waals surface area contributed by atoms with Gasteiger partial charge < -0.3 is 20.1 Å². The Bertz CT molecular complexity index is 1700. The van der Waals surface area contributed by atoms with Crippen molar-refractivity contribution in [2.24, 2.45) is 13.0 Å². The van der Waals surface area contributed by atoms with Gasteiger partial charge in [-0.15, -0.1) is 10.2 Å². The predicted molar refractivity (Wildman–Crippen MR) is 156 cm³/mol. The molecule has 2 amide bonds. The topological polar surface area (TPSA) is 92.2 Å². The van der Waals surface area contributed by atoms with Crippen LogP contribution in [0.15, 0.2) is 42.7 Å². The van der Waals surface area contributed by atoms with E-state index in [4.69, 9.17) is 0 Å². The van der Waals surface area contributed by atoms with Crippen LogP contribution in [0.5, 0.6) is 0 Å². The van der Waals surface area contributed by atoms with Crippen LogP contribution in [0.1, 0.15) is 77.6 Å². The highest BCUT2D eigenvalue weighted by Gasteiger charge is 2.49. The number of benzene rings is 2. The number of hydrogen-bond acceptors (Lipinski definition) is 5. The molecule has 2 aromatic carbocycles. The molecule has 1 atom stereocenters. The van der Waals surface area contributed by atoms with Crippen LogP contribution in [0.3, 0.4) is 0 Å². The van der Waals surface area contributed by atoms with Gasteiger partial charge in [-0.2, -0.15) is 26.3 Å². The molecule has 0 radical (unpaired) electrons. The molecule has 1 saturated carbocycles. The molecule has 46 heavy (non-hydrogen) atoms. The Morgan fingerprint density at radius 1 is 1.13 bits per heavy atom. The second kappa shape index (κ2) is 12.4. The smallest absolute Gasteiger partial charge is 0.345 e. The number of hydrogen-bond donors (Lipinski definition) is 2. The van der Waals surface area contributed by atoms with E-state index in [-0.39, 0.29) is 25.1 Å². The summed E-state index contributed by atoms with van der Waals surface area (Å²) in [6.07, 6.45) is -6.84. The molecule has 1 unspecified atom stereocenters. The fourth-order valence-electron chi connectivity index (χ4n) is 6.54. The molecular weight excluding hydrogens is 614 g/mol. The van der Waals surface area contributed by atoms with Gasteiger partial charge in [-0.1, -0.05) is 25.0 Å². The fourth-order valence-corrected chi connectivity index (χ4v) is 6.54. The number of fused-ring (bicyclic) bond motifs is 1. The number of amides is 2. The Hall–Kier alpha value is -4.38. The third-order valence-electron chi connectivity index (χ3n) is 8.50. The number of aromatic nitrogens is 3. The van der Waals surface area contributed by atoms with Crippen molar-refractivity contribution >= 4 is 17.5 Å². The lowest BCUT2D eigenvalue weighted by molar-refractivity contribution is -0.158. The van der Waals surface area contributed by atoms with Crippen molar-refractivity contribution < 1.29 is 35.9 Å². The number of aryl methyl sites for hydroxylation is 1. The molecule has 0 spiro atoms. The molecule has 2 aliphatic rings. The van der Waals surface area contributed by atoms with Crippen LogP contribution in [0.25, 0.3) is 0 Å². The molecule has 0 saturated heterocycles. The van der Waals surface area contributed by atoms with Crippen molar-refractivity contribution in [3.63, 3.8) is 0 Å². The summed E-state index contributed by atoms with van der Waals surface area (Å²) in [6, 6.07) is 5.80. The number of carbonyl (C=O) groups excluding carboxylic acids is 2. The largest absolute Gasteiger partial charge is 0.416 e. The molecule has 0 bridgehead atoms. The second-order valence-corrected chi connectivity index (χ2v) is 11.8. The molecule has 3 aromatic rings. The van der Waals surface area contributed by atoms with E-state index in [9.17, 15) is 35.9 Å². The third-order valence-corrected chi connectivity index (χ3v) is 8.50. The zero-order valence-electron chi connectivity index (χ0n) is 25.3. The van der Waals surface area contributed by atoms with E-state index >= 15 is 0 Å². The maximum Gasteiger partial charge on any atom is 0.416 e. The number of alkyl halides is 6.